The van der Waals surface area contributed by atoms with Gasteiger partial charge in [-0.05, 0) is 45.2 Å². The van der Waals surface area contributed by atoms with Crippen molar-refractivity contribution in [1.82, 2.24) is 19.9 Å². The molecule has 9 nitrogen and oxygen atoms in total. The predicted octanol–water partition coefficient (Wildman–Crippen LogP) is 3.01. The highest BCUT2D eigenvalue weighted by atomic mass is 19.1. The van der Waals surface area contributed by atoms with Crippen LogP contribution in [-0.2, 0) is 16.0 Å². The van der Waals surface area contributed by atoms with E-state index < -0.39 is 11.9 Å². The minimum atomic E-state index is -0.695. The molecule has 0 aliphatic carbocycles. The van der Waals surface area contributed by atoms with Gasteiger partial charge in [0.15, 0.2) is 11.2 Å². The summed E-state index contributed by atoms with van der Waals surface area (Å²) in [5.74, 6) is -0.331. The molecule has 2 saturated heterocycles. The van der Waals surface area contributed by atoms with Crippen molar-refractivity contribution >= 4 is 16.9 Å². The van der Waals surface area contributed by atoms with Gasteiger partial charge in [-0.25, -0.2) is 14.4 Å². The predicted molar refractivity (Wildman–Crippen MR) is 139 cm³/mol. The molecular weight excluding hydrogens is 477 g/mol. The van der Waals surface area contributed by atoms with Gasteiger partial charge in [-0.2, -0.15) is 0 Å². The summed E-state index contributed by atoms with van der Waals surface area (Å²) in [6.07, 6.45) is 3.09. The fourth-order valence-corrected chi connectivity index (χ4v) is 5.13. The van der Waals surface area contributed by atoms with E-state index in [9.17, 15) is 14.3 Å². The molecule has 5 rings (SSSR count). The number of aliphatic hydroxyl groups excluding tert-OH is 1. The second-order valence-corrected chi connectivity index (χ2v) is 10.1. The van der Waals surface area contributed by atoms with E-state index in [0.717, 1.165) is 36.9 Å². The van der Waals surface area contributed by atoms with Crippen molar-refractivity contribution in [3.05, 3.63) is 52.2 Å². The highest BCUT2D eigenvalue weighted by molar-refractivity contribution is 5.84. The van der Waals surface area contributed by atoms with Crippen LogP contribution in [0, 0.1) is 5.82 Å². The Balaban J connectivity index is 1.50. The largest absolute Gasteiger partial charge is 0.389 e. The Labute approximate surface area is 215 Å². The van der Waals surface area contributed by atoms with Gasteiger partial charge in [0.1, 0.15) is 5.69 Å². The third-order valence-electron chi connectivity index (χ3n) is 7.04. The smallest absolute Gasteiger partial charge is 0.223 e. The first-order valence-electron chi connectivity index (χ1n) is 12.9. The molecule has 198 valence electrons. The van der Waals surface area contributed by atoms with Crippen LogP contribution in [0.15, 0.2) is 35.3 Å². The lowest BCUT2D eigenvalue weighted by Gasteiger charge is -2.28. The summed E-state index contributed by atoms with van der Waals surface area (Å²) in [6, 6.07) is 6.99. The molecule has 0 unspecified atom stereocenters. The molecule has 0 spiro atoms. The quantitative estimate of drug-likeness (QED) is 0.444. The van der Waals surface area contributed by atoms with Gasteiger partial charge in [0.05, 0.1) is 37.1 Å². The van der Waals surface area contributed by atoms with Crippen LogP contribution in [0.25, 0.3) is 22.2 Å². The van der Waals surface area contributed by atoms with E-state index in [1.807, 2.05) is 6.07 Å². The Hall–Kier alpha value is -2.92. The van der Waals surface area contributed by atoms with E-state index in [0.29, 0.717) is 37.1 Å². The molecule has 3 N–H and O–H groups in total. The normalized spacial score (nSPS) is 22.5. The summed E-state index contributed by atoms with van der Waals surface area (Å²) in [7, 11) is 0. The molecule has 0 amide bonds. The monoisotopic (exact) mass is 511 g/mol. The Morgan fingerprint density at radius 1 is 1.19 bits per heavy atom. The van der Waals surface area contributed by atoms with Crippen LogP contribution in [-0.4, -0.2) is 64.3 Å². The molecule has 2 aliphatic rings. The minimum Gasteiger partial charge on any atom is -0.389 e. The number of hydrogen-bond acceptors (Lipinski definition) is 8. The van der Waals surface area contributed by atoms with Gasteiger partial charge in [0, 0.05) is 54.6 Å². The van der Waals surface area contributed by atoms with Crippen molar-refractivity contribution in [2.75, 3.05) is 31.7 Å². The molecule has 37 heavy (non-hydrogen) atoms. The second-order valence-electron chi connectivity index (χ2n) is 10.1. The molecule has 10 heteroatoms. The zero-order valence-corrected chi connectivity index (χ0v) is 21.2. The highest BCUT2D eigenvalue weighted by Gasteiger charge is 2.25. The lowest BCUT2D eigenvalue weighted by atomic mass is 10.1. The maximum absolute atomic E-state index is 14.9. The molecular formula is C27H34FN5O4. The summed E-state index contributed by atoms with van der Waals surface area (Å²) in [6.45, 7) is 6.87. The first kappa shape index (κ1) is 25.7. The second kappa shape index (κ2) is 11.2. The molecule has 2 fully saturated rings. The van der Waals surface area contributed by atoms with Crippen LogP contribution in [0.5, 0.6) is 0 Å². The zero-order valence-electron chi connectivity index (χ0n) is 21.2. The van der Waals surface area contributed by atoms with E-state index in [1.165, 1.54) is 0 Å². The van der Waals surface area contributed by atoms with Gasteiger partial charge in [0.25, 0.3) is 0 Å². The number of aliphatic hydroxyl groups is 1. The van der Waals surface area contributed by atoms with Crippen LogP contribution in [0.1, 0.15) is 44.8 Å². The standard InChI is InChI=1S/C27H34FN5O4/c1-16(2)33-19(12-29-18-4-3-8-36-14-18)11-24(34)20-6-5-17(10-23(20)33)26-21(28)13-30-27(32-26)31-22-7-9-37-15-25(22)35/h5-6,10-11,13,16,18,22,25,29,35H,3-4,7-9,12,14-15H2,1-2H3,(H,30,31,32)/t18-,22-,25-/m1/s1. The number of nitrogens with zero attached hydrogens (tertiary/aromatic N) is 3. The number of anilines is 1. The Bertz CT molecular complexity index is 1310. The third-order valence-corrected chi connectivity index (χ3v) is 7.04. The fraction of sp³-hybridized carbons (Fsp3) is 0.519. The number of benzene rings is 1. The SMILES string of the molecule is CC(C)n1c(CN[C@@H]2CCCOC2)cc(=O)c2ccc(-c3nc(N[C@@H]4CCOC[C@H]4O)ncc3F)cc21. The van der Waals surface area contributed by atoms with Crippen LogP contribution < -0.4 is 16.1 Å². The van der Waals surface area contributed by atoms with E-state index in [2.05, 4.69) is 39.0 Å². The van der Waals surface area contributed by atoms with Crippen LogP contribution in [0.2, 0.25) is 0 Å². The fourth-order valence-electron chi connectivity index (χ4n) is 5.13. The summed E-state index contributed by atoms with van der Waals surface area (Å²) in [5.41, 5.74) is 2.20. The van der Waals surface area contributed by atoms with Gasteiger partial charge < -0.3 is 29.8 Å². The minimum absolute atomic E-state index is 0.0697. The number of halogens is 1. The summed E-state index contributed by atoms with van der Waals surface area (Å²) in [5, 5.41) is 17.4. The van der Waals surface area contributed by atoms with E-state index in [4.69, 9.17) is 9.47 Å². The van der Waals surface area contributed by atoms with E-state index in [1.54, 1.807) is 18.2 Å². The Morgan fingerprint density at radius 2 is 2.03 bits per heavy atom. The van der Waals surface area contributed by atoms with Crippen LogP contribution >= 0.6 is 0 Å². The Kier molecular flexibility index (Phi) is 7.80. The van der Waals surface area contributed by atoms with Gasteiger partial charge >= 0.3 is 0 Å². The lowest BCUT2D eigenvalue weighted by Crippen LogP contribution is -2.42. The lowest BCUT2D eigenvalue weighted by molar-refractivity contribution is -0.0136. The van der Waals surface area contributed by atoms with Gasteiger partial charge in [-0.3, -0.25) is 4.79 Å². The maximum atomic E-state index is 14.9. The number of aromatic nitrogens is 3. The van der Waals surface area contributed by atoms with E-state index >= 15 is 0 Å². The summed E-state index contributed by atoms with van der Waals surface area (Å²) < 4.78 is 27.9. The first-order valence-corrected chi connectivity index (χ1v) is 12.9. The molecule has 3 aromatic rings. The van der Waals surface area contributed by atoms with Crippen molar-refractivity contribution in [3.63, 3.8) is 0 Å². The molecule has 4 heterocycles. The first-order chi connectivity index (χ1) is 17.9. The maximum Gasteiger partial charge on any atom is 0.223 e. The Morgan fingerprint density at radius 3 is 2.78 bits per heavy atom. The number of hydrogen-bond donors (Lipinski definition) is 3. The van der Waals surface area contributed by atoms with Crippen molar-refractivity contribution in [2.45, 2.75) is 63.9 Å². The third kappa shape index (κ3) is 5.67. The molecule has 1 aromatic carbocycles. The average molecular weight is 512 g/mol. The van der Waals surface area contributed by atoms with Gasteiger partial charge in [0.2, 0.25) is 5.95 Å². The highest BCUT2D eigenvalue weighted by Crippen LogP contribution is 2.27. The number of rotatable bonds is 7. The zero-order chi connectivity index (χ0) is 25.9. The molecule has 0 bridgehead atoms. The molecule has 2 aliphatic heterocycles. The molecule has 0 radical (unpaired) electrons. The van der Waals surface area contributed by atoms with Gasteiger partial charge in [-0.15, -0.1) is 0 Å². The van der Waals surface area contributed by atoms with Crippen molar-refractivity contribution in [1.29, 1.82) is 0 Å². The number of fused-ring (bicyclic) bond motifs is 1. The summed E-state index contributed by atoms with van der Waals surface area (Å²) in [4.78, 5) is 21.5. The van der Waals surface area contributed by atoms with Gasteiger partial charge in [-0.1, -0.05) is 6.07 Å². The van der Waals surface area contributed by atoms with Crippen LogP contribution in [0.4, 0.5) is 10.3 Å². The van der Waals surface area contributed by atoms with Crippen molar-refractivity contribution in [2.24, 2.45) is 0 Å². The number of ether oxygens (including phenoxy) is 2. The topological polar surface area (TPSA) is 111 Å². The average Bonchev–Trinajstić information content (AvgIpc) is 2.90. The number of nitrogens with one attached hydrogen (secondary N) is 2. The van der Waals surface area contributed by atoms with Crippen molar-refractivity contribution in [3.8, 4) is 11.3 Å². The van der Waals surface area contributed by atoms with Crippen LogP contribution in [0.3, 0.4) is 0 Å². The van der Waals surface area contributed by atoms with Crippen molar-refractivity contribution < 1.29 is 19.0 Å². The van der Waals surface area contributed by atoms with E-state index in [-0.39, 0.29) is 41.8 Å². The molecule has 3 atom stereocenters. The summed E-state index contributed by atoms with van der Waals surface area (Å²) >= 11 is 0. The molecule has 2 aromatic heterocycles. The molecule has 0 saturated carbocycles. The number of pyridine rings is 1.